The van der Waals surface area contributed by atoms with Crippen molar-refractivity contribution in [3.63, 3.8) is 0 Å². The van der Waals surface area contributed by atoms with Crippen molar-refractivity contribution in [1.29, 1.82) is 0 Å². The lowest BCUT2D eigenvalue weighted by Gasteiger charge is -2.14. The van der Waals surface area contributed by atoms with Gasteiger partial charge in [-0.3, -0.25) is 4.79 Å². The van der Waals surface area contributed by atoms with Gasteiger partial charge in [0.25, 0.3) is 0 Å². The SMILES string of the molecule is COCCOCCNC(=O)Cc1ccccc1Nc1c(Cl)cccc1Cl. The highest BCUT2D eigenvalue weighted by atomic mass is 35.5. The van der Waals surface area contributed by atoms with Crippen molar-refractivity contribution in [2.24, 2.45) is 0 Å². The zero-order chi connectivity index (χ0) is 18.8. The number of nitrogens with one attached hydrogen (secondary N) is 2. The molecule has 5 nitrogen and oxygen atoms in total. The van der Waals surface area contributed by atoms with Gasteiger partial charge in [0.1, 0.15) is 0 Å². The molecule has 0 aliphatic heterocycles. The second-order valence-electron chi connectivity index (χ2n) is 5.51. The van der Waals surface area contributed by atoms with Gasteiger partial charge in [0.05, 0.1) is 42.0 Å². The summed E-state index contributed by atoms with van der Waals surface area (Å²) >= 11 is 12.4. The molecule has 0 aliphatic rings. The summed E-state index contributed by atoms with van der Waals surface area (Å²) in [6, 6.07) is 12.8. The number of methoxy groups -OCH3 is 1. The number of halogens is 2. The van der Waals surface area contributed by atoms with Crippen molar-refractivity contribution < 1.29 is 14.3 Å². The number of carbonyl (C=O) groups excluding carboxylic acids is 1. The maximum Gasteiger partial charge on any atom is 0.224 e. The quantitative estimate of drug-likeness (QED) is 0.594. The summed E-state index contributed by atoms with van der Waals surface area (Å²) < 4.78 is 10.2. The average molecular weight is 397 g/mol. The van der Waals surface area contributed by atoms with Crippen LogP contribution in [0.4, 0.5) is 11.4 Å². The van der Waals surface area contributed by atoms with Crippen LogP contribution >= 0.6 is 23.2 Å². The van der Waals surface area contributed by atoms with Gasteiger partial charge in [-0.1, -0.05) is 47.5 Å². The molecule has 0 spiro atoms. The van der Waals surface area contributed by atoms with Crippen molar-refractivity contribution >= 4 is 40.5 Å². The molecule has 2 N–H and O–H groups in total. The molecular weight excluding hydrogens is 375 g/mol. The molecule has 0 aromatic heterocycles. The molecule has 2 aromatic carbocycles. The van der Waals surface area contributed by atoms with Crippen LogP contribution in [0, 0.1) is 0 Å². The number of ether oxygens (including phenoxy) is 2. The summed E-state index contributed by atoms with van der Waals surface area (Å²) in [5.74, 6) is -0.0835. The number of amides is 1. The molecule has 26 heavy (non-hydrogen) atoms. The van der Waals surface area contributed by atoms with Crippen molar-refractivity contribution in [1.82, 2.24) is 5.32 Å². The predicted molar refractivity (Wildman–Crippen MR) is 106 cm³/mol. The van der Waals surface area contributed by atoms with E-state index in [1.54, 1.807) is 25.3 Å². The predicted octanol–water partition coefficient (Wildman–Crippen LogP) is 4.06. The van der Waals surface area contributed by atoms with Gasteiger partial charge in [-0.05, 0) is 23.8 Å². The Balaban J connectivity index is 1.93. The van der Waals surface area contributed by atoms with Crippen molar-refractivity contribution in [2.75, 3.05) is 38.8 Å². The number of rotatable bonds is 10. The van der Waals surface area contributed by atoms with Gasteiger partial charge in [0, 0.05) is 19.3 Å². The Bertz CT molecular complexity index is 705. The average Bonchev–Trinajstić information content (AvgIpc) is 2.62. The first-order chi connectivity index (χ1) is 12.6. The Hall–Kier alpha value is -1.79. The fourth-order valence-electron chi connectivity index (χ4n) is 2.29. The Kier molecular flexibility index (Phi) is 8.71. The summed E-state index contributed by atoms with van der Waals surface area (Å²) in [5.41, 5.74) is 2.26. The molecule has 0 saturated carbocycles. The first-order valence-corrected chi connectivity index (χ1v) is 8.99. The van der Waals surface area contributed by atoms with Crippen LogP contribution in [0.2, 0.25) is 10.0 Å². The third-order valence-corrected chi connectivity index (χ3v) is 4.22. The lowest BCUT2D eigenvalue weighted by Crippen LogP contribution is -2.29. The Morgan fingerprint density at radius 3 is 2.46 bits per heavy atom. The molecule has 0 radical (unpaired) electrons. The van der Waals surface area contributed by atoms with E-state index in [-0.39, 0.29) is 12.3 Å². The Morgan fingerprint density at radius 2 is 1.73 bits per heavy atom. The maximum atomic E-state index is 12.2. The molecule has 0 heterocycles. The van der Waals surface area contributed by atoms with E-state index in [0.29, 0.717) is 42.1 Å². The van der Waals surface area contributed by atoms with E-state index in [2.05, 4.69) is 10.6 Å². The first kappa shape index (κ1) is 20.5. The summed E-state index contributed by atoms with van der Waals surface area (Å²) in [6.07, 6.45) is 0.239. The van der Waals surface area contributed by atoms with Gasteiger partial charge < -0.3 is 20.1 Å². The van der Waals surface area contributed by atoms with Gasteiger partial charge in [-0.15, -0.1) is 0 Å². The van der Waals surface area contributed by atoms with Crippen molar-refractivity contribution in [2.45, 2.75) is 6.42 Å². The number of hydrogen-bond donors (Lipinski definition) is 2. The molecule has 0 saturated heterocycles. The molecule has 0 atom stereocenters. The molecule has 2 aromatic rings. The van der Waals surface area contributed by atoms with E-state index < -0.39 is 0 Å². The van der Waals surface area contributed by atoms with Gasteiger partial charge in [-0.25, -0.2) is 0 Å². The van der Waals surface area contributed by atoms with Crippen LogP contribution in [0.15, 0.2) is 42.5 Å². The van der Waals surface area contributed by atoms with E-state index >= 15 is 0 Å². The van der Waals surface area contributed by atoms with E-state index in [0.717, 1.165) is 11.3 Å². The summed E-state index contributed by atoms with van der Waals surface area (Å²) in [4.78, 5) is 12.2. The minimum Gasteiger partial charge on any atom is -0.382 e. The molecule has 0 fully saturated rings. The Morgan fingerprint density at radius 1 is 1.00 bits per heavy atom. The monoisotopic (exact) mass is 396 g/mol. The molecule has 0 bridgehead atoms. The van der Waals surface area contributed by atoms with Crippen LogP contribution in [0.3, 0.4) is 0 Å². The number of benzene rings is 2. The van der Waals surface area contributed by atoms with Crippen LogP contribution < -0.4 is 10.6 Å². The van der Waals surface area contributed by atoms with Crippen LogP contribution in [-0.4, -0.2) is 39.4 Å². The van der Waals surface area contributed by atoms with Crippen LogP contribution in [-0.2, 0) is 20.7 Å². The molecule has 1 amide bonds. The van der Waals surface area contributed by atoms with Crippen molar-refractivity contribution in [3.8, 4) is 0 Å². The lowest BCUT2D eigenvalue weighted by atomic mass is 10.1. The fourth-order valence-corrected chi connectivity index (χ4v) is 2.78. The second-order valence-corrected chi connectivity index (χ2v) is 6.33. The van der Waals surface area contributed by atoms with Gasteiger partial charge in [-0.2, -0.15) is 0 Å². The van der Waals surface area contributed by atoms with E-state index in [1.807, 2.05) is 24.3 Å². The summed E-state index contributed by atoms with van der Waals surface area (Å²) in [5, 5.41) is 7.10. The smallest absolute Gasteiger partial charge is 0.224 e. The molecule has 140 valence electrons. The van der Waals surface area contributed by atoms with Crippen LogP contribution in [0.1, 0.15) is 5.56 Å². The number of anilines is 2. The van der Waals surface area contributed by atoms with Gasteiger partial charge in [0.2, 0.25) is 5.91 Å². The first-order valence-electron chi connectivity index (χ1n) is 8.24. The highest BCUT2D eigenvalue weighted by Crippen LogP contribution is 2.33. The third kappa shape index (κ3) is 6.50. The summed E-state index contributed by atoms with van der Waals surface area (Å²) in [7, 11) is 1.62. The normalized spacial score (nSPS) is 10.6. The summed E-state index contributed by atoms with van der Waals surface area (Å²) in [6.45, 7) is 1.95. The minimum absolute atomic E-state index is 0.0835. The minimum atomic E-state index is -0.0835. The molecule has 0 unspecified atom stereocenters. The molecular formula is C19H22Cl2N2O3. The van der Waals surface area contributed by atoms with Crippen molar-refractivity contribution in [3.05, 3.63) is 58.1 Å². The Labute approximate surface area is 163 Å². The maximum absolute atomic E-state index is 12.2. The van der Waals surface area contributed by atoms with Gasteiger partial charge >= 0.3 is 0 Å². The number of para-hydroxylation sites is 2. The number of carbonyl (C=O) groups is 1. The largest absolute Gasteiger partial charge is 0.382 e. The highest BCUT2D eigenvalue weighted by Gasteiger charge is 2.11. The fraction of sp³-hybridized carbons (Fsp3) is 0.316. The van der Waals surface area contributed by atoms with E-state index in [1.165, 1.54) is 0 Å². The van der Waals surface area contributed by atoms with Crippen LogP contribution in [0.25, 0.3) is 0 Å². The zero-order valence-electron chi connectivity index (χ0n) is 14.6. The highest BCUT2D eigenvalue weighted by molar-refractivity contribution is 6.39. The number of hydrogen-bond acceptors (Lipinski definition) is 4. The topological polar surface area (TPSA) is 59.6 Å². The molecule has 2 rings (SSSR count). The second kappa shape index (κ2) is 11.0. The zero-order valence-corrected chi connectivity index (χ0v) is 16.1. The molecule has 0 aliphatic carbocycles. The van der Waals surface area contributed by atoms with Crippen LogP contribution in [0.5, 0.6) is 0 Å². The third-order valence-electron chi connectivity index (χ3n) is 3.59. The van der Waals surface area contributed by atoms with E-state index in [9.17, 15) is 4.79 Å². The van der Waals surface area contributed by atoms with E-state index in [4.69, 9.17) is 32.7 Å². The molecule has 7 heteroatoms. The van der Waals surface area contributed by atoms with Gasteiger partial charge in [0.15, 0.2) is 0 Å². The lowest BCUT2D eigenvalue weighted by molar-refractivity contribution is -0.120. The standard InChI is InChI=1S/C19H22Cl2N2O3/c1-25-11-12-26-10-9-22-18(24)13-14-5-2-3-8-17(14)23-19-15(20)6-4-7-16(19)21/h2-8,23H,9-13H2,1H3,(H,22,24).